The van der Waals surface area contributed by atoms with Crippen LogP contribution in [0.3, 0.4) is 0 Å². The lowest BCUT2D eigenvalue weighted by Crippen LogP contribution is -2.36. The zero-order valence-corrected chi connectivity index (χ0v) is 21.2. The van der Waals surface area contributed by atoms with E-state index in [1.54, 1.807) is 0 Å². The smallest absolute Gasteiger partial charge is 0.160 e. The van der Waals surface area contributed by atoms with E-state index in [2.05, 4.69) is 122 Å². The van der Waals surface area contributed by atoms with Gasteiger partial charge in [0.05, 0.1) is 11.4 Å². The highest BCUT2D eigenvalue weighted by atomic mass is 28.3. The minimum atomic E-state index is -1.49. The Morgan fingerprint density at radius 2 is 1.08 bits per heavy atom. The molecule has 0 saturated heterocycles. The molecule has 0 fully saturated rings. The number of benzene rings is 5. The van der Waals surface area contributed by atoms with Gasteiger partial charge >= 0.3 is 0 Å². The largest absolute Gasteiger partial charge is 0.228 e. The molecule has 1 unspecified atom stereocenters. The van der Waals surface area contributed by atoms with Gasteiger partial charge in [-0.05, 0) is 44.4 Å². The van der Waals surface area contributed by atoms with Crippen molar-refractivity contribution < 1.29 is 0 Å². The summed E-state index contributed by atoms with van der Waals surface area (Å²) in [5.74, 6) is 0.789. The van der Waals surface area contributed by atoms with E-state index in [0.717, 1.165) is 28.3 Å². The maximum atomic E-state index is 5.25. The van der Waals surface area contributed by atoms with Crippen molar-refractivity contribution in [2.75, 3.05) is 0 Å². The summed E-state index contributed by atoms with van der Waals surface area (Å²) in [7, 11) is -1.49. The van der Waals surface area contributed by atoms with Gasteiger partial charge in [0.15, 0.2) is 5.82 Å². The molecule has 0 bridgehead atoms. The number of rotatable bonds is 3. The first-order chi connectivity index (χ1) is 17.8. The molecule has 0 spiro atoms. The molecule has 0 amide bonds. The highest BCUT2D eigenvalue weighted by Crippen LogP contribution is 2.33. The molecule has 2 nitrogen and oxygen atoms in total. The number of fused-ring (bicyclic) bond motifs is 4. The van der Waals surface area contributed by atoms with Gasteiger partial charge in [-0.2, -0.15) is 0 Å². The van der Waals surface area contributed by atoms with Crippen LogP contribution >= 0.6 is 0 Å². The first-order valence-electron chi connectivity index (χ1n) is 12.4. The first-order valence-corrected chi connectivity index (χ1v) is 14.7. The van der Waals surface area contributed by atoms with Crippen molar-refractivity contribution in [1.82, 2.24) is 9.97 Å². The van der Waals surface area contributed by atoms with Gasteiger partial charge in [0, 0.05) is 16.7 Å². The van der Waals surface area contributed by atoms with Crippen molar-refractivity contribution in [1.29, 1.82) is 0 Å². The molecule has 0 saturated carbocycles. The molecule has 2 heterocycles. The van der Waals surface area contributed by atoms with Crippen LogP contribution in [-0.4, -0.2) is 18.8 Å². The maximum Gasteiger partial charge on any atom is 0.160 e. The maximum absolute atomic E-state index is 5.25. The van der Waals surface area contributed by atoms with E-state index in [0.29, 0.717) is 0 Å². The minimum Gasteiger partial charge on any atom is -0.228 e. The van der Waals surface area contributed by atoms with Gasteiger partial charge in [-0.15, -0.1) is 0 Å². The summed E-state index contributed by atoms with van der Waals surface area (Å²) >= 11 is 0. The minimum absolute atomic E-state index is 0.789. The van der Waals surface area contributed by atoms with Gasteiger partial charge in [0.1, 0.15) is 8.80 Å². The summed E-state index contributed by atoms with van der Waals surface area (Å²) in [4.78, 5) is 10.5. The molecule has 1 aromatic heterocycles. The summed E-state index contributed by atoms with van der Waals surface area (Å²) in [6.07, 6.45) is 0. The number of aromatic nitrogens is 2. The average Bonchev–Trinajstić information content (AvgIpc) is 3.23. The Hall–Kier alpha value is -4.34. The Morgan fingerprint density at radius 1 is 0.500 bits per heavy atom. The van der Waals surface area contributed by atoms with Gasteiger partial charge < -0.3 is 0 Å². The molecule has 1 atom stereocenters. The van der Waals surface area contributed by atoms with Crippen LogP contribution in [0.15, 0.2) is 121 Å². The lowest BCUT2D eigenvalue weighted by atomic mass is 10.00. The van der Waals surface area contributed by atoms with Crippen LogP contribution in [0.1, 0.15) is 0 Å². The normalized spacial score (nSPS) is 14.0. The quantitative estimate of drug-likeness (QED) is 0.270. The van der Waals surface area contributed by atoms with Crippen molar-refractivity contribution in [3.63, 3.8) is 0 Å². The Balaban J connectivity index is 1.50. The van der Waals surface area contributed by atoms with Gasteiger partial charge in [-0.1, -0.05) is 116 Å². The molecule has 3 heteroatoms. The highest BCUT2D eigenvalue weighted by Gasteiger charge is 2.33. The summed E-state index contributed by atoms with van der Waals surface area (Å²) in [5.41, 5.74) is 8.10. The Morgan fingerprint density at radius 3 is 1.83 bits per heavy atom. The number of hydrogen-bond donors (Lipinski definition) is 0. The van der Waals surface area contributed by atoms with Crippen LogP contribution in [-0.2, 0) is 0 Å². The topological polar surface area (TPSA) is 25.8 Å². The van der Waals surface area contributed by atoms with E-state index >= 15 is 0 Å². The van der Waals surface area contributed by atoms with Gasteiger partial charge in [-0.3, -0.25) is 0 Å². The van der Waals surface area contributed by atoms with Crippen LogP contribution in [0, 0.1) is 0 Å². The third kappa shape index (κ3) is 3.40. The van der Waals surface area contributed by atoms with Crippen LogP contribution in [0.5, 0.6) is 0 Å². The molecule has 0 aliphatic carbocycles. The SMILES string of the molecule is C[SiH]1c2cc3ccccc3cc2-c2nc(-c3ccccc3)nc(-c3cccc(-c4ccccc4)c3)c21. The van der Waals surface area contributed by atoms with E-state index in [-0.39, 0.29) is 0 Å². The molecule has 170 valence electrons. The summed E-state index contributed by atoms with van der Waals surface area (Å²) < 4.78 is 0. The van der Waals surface area contributed by atoms with Crippen molar-refractivity contribution in [3.05, 3.63) is 121 Å². The highest BCUT2D eigenvalue weighted by molar-refractivity contribution is 6.89. The predicted molar refractivity (Wildman–Crippen MR) is 154 cm³/mol. The Labute approximate surface area is 212 Å². The fourth-order valence-electron chi connectivity index (χ4n) is 5.47. The van der Waals surface area contributed by atoms with Crippen molar-refractivity contribution in [2.24, 2.45) is 0 Å². The third-order valence-corrected chi connectivity index (χ3v) is 10.1. The second-order valence-corrected chi connectivity index (χ2v) is 12.1. The fraction of sp³-hybridized carbons (Fsp3) is 0.0303. The second-order valence-electron chi connectivity index (χ2n) is 9.48. The lowest BCUT2D eigenvalue weighted by molar-refractivity contribution is 1.20. The molecule has 1 aliphatic rings. The monoisotopic (exact) mass is 476 g/mol. The molecule has 5 aromatic carbocycles. The van der Waals surface area contributed by atoms with Gasteiger partial charge in [0.25, 0.3) is 0 Å². The molecular formula is C33H24N2Si. The van der Waals surface area contributed by atoms with E-state index < -0.39 is 8.80 Å². The summed E-state index contributed by atoms with van der Waals surface area (Å²) in [5, 5.41) is 5.37. The lowest BCUT2D eigenvalue weighted by Gasteiger charge is -2.14. The predicted octanol–water partition coefficient (Wildman–Crippen LogP) is 6.58. The van der Waals surface area contributed by atoms with Crippen LogP contribution < -0.4 is 10.4 Å². The molecular weight excluding hydrogens is 452 g/mol. The Bertz CT molecular complexity index is 1740. The number of nitrogens with zero attached hydrogens (tertiary/aromatic N) is 2. The summed E-state index contributed by atoms with van der Waals surface area (Å²) in [6, 6.07) is 43.1. The molecule has 0 N–H and O–H groups in total. The average molecular weight is 477 g/mol. The Kier molecular flexibility index (Phi) is 4.90. The molecule has 6 aromatic rings. The molecule has 36 heavy (non-hydrogen) atoms. The van der Waals surface area contributed by atoms with E-state index in [9.17, 15) is 0 Å². The first kappa shape index (κ1) is 21.0. The molecule has 0 radical (unpaired) electrons. The zero-order chi connectivity index (χ0) is 24.1. The van der Waals surface area contributed by atoms with Crippen LogP contribution in [0.2, 0.25) is 6.55 Å². The second kappa shape index (κ2) is 8.40. The fourth-order valence-corrected chi connectivity index (χ4v) is 8.17. The third-order valence-electron chi connectivity index (χ3n) is 7.29. The van der Waals surface area contributed by atoms with Crippen LogP contribution in [0.4, 0.5) is 0 Å². The summed E-state index contributed by atoms with van der Waals surface area (Å²) in [6.45, 7) is 2.43. The van der Waals surface area contributed by atoms with Crippen molar-refractivity contribution in [2.45, 2.75) is 6.55 Å². The standard InChI is InChI=1S/C33H24N2Si/c1-36-29-21-26-16-9-8-15-25(26)20-28(29)31-32(36)30(34-33(35-31)23-13-6-3-7-14-23)27-18-10-17-24(19-27)22-11-4-2-5-12-22/h2-21,36H,1H3. The molecule has 1 aliphatic heterocycles. The number of hydrogen-bond acceptors (Lipinski definition) is 2. The van der Waals surface area contributed by atoms with E-state index in [1.807, 2.05) is 6.07 Å². The zero-order valence-electron chi connectivity index (χ0n) is 20.0. The van der Waals surface area contributed by atoms with Crippen molar-refractivity contribution >= 4 is 29.9 Å². The van der Waals surface area contributed by atoms with E-state index in [1.165, 1.54) is 37.8 Å². The van der Waals surface area contributed by atoms with Crippen molar-refractivity contribution in [3.8, 4) is 45.0 Å². The van der Waals surface area contributed by atoms with E-state index in [4.69, 9.17) is 9.97 Å². The van der Waals surface area contributed by atoms with Gasteiger partial charge in [0.2, 0.25) is 0 Å². The molecule has 7 rings (SSSR count). The van der Waals surface area contributed by atoms with Gasteiger partial charge in [-0.25, -0.2) is 9.97 Å². The van der Waals surface area contributed by atoms with Crippen LogP contribution in [0.25, 0.3) is 55.8 Å².